The molecule has 0 saturated heterocycles. The number of aromatic nitrogens is 2. The Labute approximate surface area is 241 Å². The fourth-order valence-corrected chi connectivity index (χ4v) is 5.87. The van der Waals surface area contributed by atoms with Gasteiger partial charge in [-0.15, -0.1) is 0 Å². The Bertz CT molecular complexity index is 1430. The summed E-state index contributed by atoms with van der Waals surface area (Å²) in [5.41, 5.74) is 3.84. The van der Waals surface area contributed by atoms with Crippen molar-refractivity contribution >= 4 is 34.4 Å². The summed E-state index contributed by atoms with van der Waals surface area (Å²) in [6, 6.07) is 26.0. The van der Waals surface area contributed by atoms with Gasteiger partial charge < -0.3 is 14.8 Å². The summed E-state index contributed by atoms with van der Waals surface area (Å²) in [7, 11) is 0. The topological polar surface area (TPSA) is 67.2 Å². The molecule has 6 nitrogen and oxygen atoms in total. The number of rotatable bonds is 11. The minimum Gasteiger partial charge on any atom is -0.356 e. The molecule has 208 valence electrons. The van der Waals surface area contributed by atoms with E-state index in [1.54, 1.807) is 6.07 Å². The van der Waals surface area contributed by atoms with Crippen molar-refractivity contribution in [3.8, 4) is 0 Å². The van der Waals surface area contributed by atoms with Gasteiger partial charge in [-0.3, -0.25) is 9.59 Å². The van der Waals surface area contributed by atoms with E-state index in [1.807, 2.05) is 60.7 Å². The molecule has 5 rings (SSSR count). The molecule has 0 unspecified atom stereocenters. The summed E-state index contributed by atoms with van der Waals surface area (Å²) in [5.74, 6) is 0.951. The van der Waals surface area contributed by atoms with Crippen molar-refractivity contribution in [2.75, 3.05) is 6.54 Å². The predicted octanol–water partition coefficient (Wildman–Crippen LogP) is 6.34. The van der Waals surface area contributed by atoms with Gasteiger partial charge in [0.2, 0.25) is 11.8 Å². The average Bonchev–Trinajstić information content (AvgIpc) is 3.33. The van der Waals surface area contributed by atoms with Gasteiger partial charge in [-0.2, -0.15) is 0 Å². The lowest BCUT2D eigenvalue weighted by Crippen LogP contribution is -2.42. The van der Waals surface area contributed by atoms with Crippen LogP contribution in [0.5, 0.6) is 0 Å². The normalized spacial score (nSPS) is 13.8. The number of carbonyl (C=O) groups excluding carboxylic acids is 2. The van der Waals surface area contributed by atoms with Crippen LogP contribution in [-0.4, -0.2) is 38.9 Å². The van der Waals surface area contributed by atoms with Crippen molar-refractivity contribution in [3.05, 3.63) is 101 Å². The Hall–Kier alpha value is -3.64. The molecule has 1 aliphatic rings. The molecule has 1 heterocycles. The Morgan fingerprint density at radius 2 is 1.65 bits per heavy atom. The fourth-order valence-electron chi connectivity index (χ4n) is 5.66. The molecule has 1 aliphatic carbocycles. The van der Waals surface area contributed by atoms with E-state index in [1.165, 1.54) is 19.3 Å². The second-order valence-electron chi connectivity index (χ2n) is 10.6. The van der Waals surface area contributed by atoms with Gasteiger partial charge in [0.15, 0.2) is 0 Å². The molecule has 0 atom stereocenters. The Morgan fingerprint density at radius 1 is 0.925 bits per heavy atom. The minimum atomic E-state index is -0.0548. The van der Waals surface area contributed by atoms with Crippen LogP contribution in [0.3, 0.4) is 0 Å². The number of imidazole rings is 1. The highest BCUT2D eigenvalue weighted by Crippen LogP contribution is 2.26. The summed E-state index contributed by atoms with van der Waals surface area (Å²) < 4.78 is 2.07. The number of amides is 2. The van der Waals surface area contributed by atoms with E-state index >= 15 is 0 Å². The summed E-state index contributed by atoms with van der Waals surface area (Å²) in [6.45, 7) is 1.42. The van der Waals surface area contributed by atoms with Gasteiger partial charge in [0.25, 0.3) is 0 Å². The first kappa shape index (κ1) is 27.9. The third-order valence-corrected chi connectivity index (χ3v) is 8.14. The molecule has 0 spiro atoms. The van der Waals surface area contributed by atoms with Crippen molar-refractivity contribution in [2.24, 2.45) is 0 Å². The largest absolute Gasteiger partial charge is 0.356 e. The molecule has 0 bridgehead atoms. The number of halogens is 1. The van der Waals surface area contributed by atoms with Gasteiger partial charge in [0.05, 0.1) is 17.5 Å². The van der Waals surface area contributed by atoms with Gasteiger partial charge in [0, 0.05) is 30.6 Å². The molecule has 1 N–H and O–H groups in total. The Morgan fingerprint density at radius 3 is 2.45 bits per heavy atom. The Kier molecular flexibility index (Phi) is 9.50. The molecule has 0 radical (unpaired) electrons. The number of aryl methyl sites for hydroxylation is 1. The van der Waals surface area contributed by atoms with Crippen molar-refractivity contribution in [1.82, 2.24) is 19.8 Å². The quantitative estimate of drug-likeness (QED) is 0.219. The maximum Gasteiger partial charge on any atom is 0.243 e. The number of benzene rings is 3. The van der Waals surface area contributed by atoms with Crippen molar-refractivity contribution in [2.45, 2.75) is 70.5 Å². The first-order valence-electron chi connectivity index (χ1n) is 14.4. The number of nitrogens with zero attached hydrogens (tertiary/aromatic N) is 3. The number of fused-ring (bicyclic) bond motifs is 1. The van der Waals surface area contributed by atoms with Crippen LogP contribution in [0.15, 0.2) is 78.9 Å². The van der Waals surface area contributed by atoms with Crippen molar-refractivity contribution < 1.29 is 9.59 Å². The lowest BCUT2D eigenvalue weighted by Gasteiger charge is -2.35. The van der Waals surface area contributed by atoms with Crippen LogP contribution in [0, 0.1) is 0 Å². The molecule has 2 amide bonds. The molecule has 0 aliphatic heterocycles. The van der Waals surface area contributed by atoms with Crippen molar-refractivity contribution in [1.29, 1.82) is 0 Å². The van der Waals surface area contributed by atoms with E-state index < -0.39 is 0 Å². The van der Waals surface area contributed by atoms with Crippen LogP contribution < -0.4 is 5.32 Å². The zero-order chi connectivity index (χ0) is 27.7. The molecule has 1 saturated carbocycles. The third-order valence-electron chi connectivity index (χ3n) is 7.77. The van der Waals surface area contributed by atoms with Crippen LogP contribution in [-0.2, 0) is 35.5 Å². The predicted molar refractivity (Wildman–Crippen MR) is 160 cm³/mol. The molecule has 3 aromatic carbocycles. The van der Waals surface area contributed by atoms with Crippen LogP contribution in [0.1, 0.15) is 55.5 Å². The molecule has 1 aromatic heterocycles. The standard InChI is InChI=1S/C33H37ClN4O2/c34-28-17-8-7-14-26(28)22-32(39)35-21-11-20-31-36-29-18-9-10-19-30(29)38(31)24-33(40)37(27-15-5-2-6-16-27)23-25-12-3-1-4-13-25/h1,3-4,7-10,12-14,17-19,27H,2,5-6,11,15-16,20-24H2,(H,35,39). The summed E-state index contributed by atoms with van der Waals surface area (Å²) in [5, 5.41) is 3.60. The fraction of sp³-hybridized carbons (Fsp3) is 0.364. The molecule has 4 aromatic rings. The second kappa shape index (κ2) is 13.6. The number of hydrogen-bond acceptors (Lipinski definition) is 3. The minimum absolute atomic E-state index is 0.0548. The number of hydrogen-bond donors (Lipinski definition) is 1. The average molecular weight is 557 g/mol. The van der Waals surface area contributed by atoms with E-state index in [0.29, 0.717) is 24.5 Å². The molecular formula is C33H37ClN4O2. The van der Waals surface area contributed by atoms with Crippen LogP contribution in [0.25, 0.3) is 11.0 Å². The Balaban J connectivity index is 1.27. The number of nitrogens with one attached hydrogen (secondary N) is 1. The van der Waals surface area contributed by atoms with Crippen LogP contribution >= 0.6 is 11.6 Å². The van der Waals surface area contributed by atoms with Crippen LogP contribution in [0.4, 0.5) is 0 Å². The van der Waals surface area contributed by atoms with Crippen LogP contribution in [0.2, 0.25) is 5.02 Å². The maximum absolute atomic E-state index is 13.9. The molecule has 1 fully saturated rings. The van der Waals surface area contributed by atoms with E-state index in [2.05, 4.69) is 26.9 Å². The second-order valence-corrected chi connectivity index (χ2v) is 11.0. The van der Waals surface area contributed by atoms with Gasteiger partial charge in [-0.25, -0.2) is 4.98 Å². The number of para-hydroxylation sites is 2. The highest BCUT2D eigenvalue weighted by molar-refractivity contribution is 6.31. The van der Waals surface area contributed by atoms with Gasteiger partial charge in [-0.1, -0.05) is 91.5 Å². The lowest BCUT2D eigenvalue weighted by atomic mass is 9.93. The smallest absolute Gasteiger partial charge is 0.243 e. The van der Waals surface area contributed by atoms with E-state index in [-0.39, 0.29) is 30.8 Å². The number of carbonyl (C=O) groups is 2. The maximum atomic E-state index is 13.9. The first-order chi connectivity index (χ1) is 19.6. The lowest BCUT2D eigenvalue weighted by molar-refractivity contribution is -0.135. The van der Waals surface area contributed by atoms with Gasteiger partial charge in [0.1, 0.15) is 12.4 Å². The summed E-state index contributed by atoms with van der Waals surface area (Å²) in [4.78, 5) is 33.4. The SMILES string of the molecule is O=C(Cc1ccccc1Cl)NCCCc1nc2ccccc2n1CC(=O)N(Cc1ccccc1)C1CCCCC1. The molecule has 7 heteroatoms. The van der Waals surface area contributed by atoms with Gasteiger partial charge in [-0.05, 0) is 48.6 Å². The van der Waals surface area contributed by atoms with E-state index in [0.717, 1.165) is 47.2 Å². The summed E-state index contributed by atoms with van der Waals surface area (Å²) in [6.07, 6.45) is 7.35. The highest BCUT2D eigenvalue weighted by Gasteiger charge is 2.27. The van der Waals surface area contributed by atoms with Crippen molar-refractivity contribution in [3.63, 3.8) is 0 Å². The van der Waals surface area contributed by atoms with E-state index in [4.69, 9.17) is 16.6 Å². The monoisotopic (exact) mass is 556 g/mol. The first-order valence-corrected chi connectivity index (χ1v) is 14.7. The summed E-state index contributed by atoms with van der Waals surface area (Å²) >= 11 is 6.20. The zero-order valence-corrected chi connectivity index (χ0v) is 23.7. The molecular weight excluding hydrogens is 520 g/mol. The third kappa shape index (κ3) is 7.11. The highest BCUT2D eigenvalue weighted by atomic mass is 35.5. The van der Waals surface area contributed by atoms with E-state index in [9.17, 15) is 9.59 Å². The zero-order valence-electron chi connectivity index (χ0n) is 22.9. The van der Waals surface area contributed by atoms with Gasteiger partial charge >= 0.3 is 0 Å². The molecule has 40 heavy (non-hydrogen) atoms.